The molecule has 0 fully saturated rings. The molecule has 2 rings (SSSR count). The van der Waals surface area contributed by atoms with Gasteiger partial charge in [0, 0.05) is 12.2 Å². The van der Waals surface area contributed by atoms with Gasteiger partial charge in [0.2, 0.25) is 0 Å². The number of urea groups is 1. The van der Waals surface area contributed by atoms with Crippen molar-refractivity contribution in [1.82, 2.24) is 4.90 Å². The van der Waals surface area contributed by atoms with Crippen molar-refractivity contribution in [3.8, 4) is 0 Å². The summed E-state index contributed by atoms with van der Waals surface area (Å²) >= 11 is 0. The van der Waals surface area contributed by atoms with Gasteiger partial charge < -0.3 is 5.73 Å². The molecule has 2 amide bonds. The molecule has 1 aromatic rings. The molecule has 0 radical (unpaired) electrons. The van der Waals surface area contributed by atoms with Crippen LogP contribution in [0.5, 0.6) is 0 Å². The number of allylic oxidation sites excluding steroid dienone is 1. The van der Waals surface area contributed by atoms with Crippen LogP contribution < -0.4 is 5.73 Å². The van der Waals surface area contributed by atoms with Gasteiger partial charge in [-0.25, -0.2) is 4.79 Å². The fraction of sp³-hybridized carbons (Fsp3) is 0.308. The van der Waals surface area contributed by atoms with E-state index in [1.807, 2.05) is 24.3 Å². The summed E-state index contributed by atoms with van der Waals surface area (Å²) < 4.78 is 0. The Morgan fingerprint density at radius 2 is 2.12 bits per heavy atom. The molecule has 1 unspecified atom stereocenters. The summed E-state index contributed by atoms with van der Waals surface area (Å²) in [5.41, 5.74) is 6.59. The second-order valence-electron chi connectivity index (χ2n) is 4.05. The normalized spacial score (nSPS) is 19.8. The zero-order valence-corrected chi connectivity index (χ0v) is 9.17. The predicted octanol–water partition coefficient (Wildman–Crippen LogP) is 2.29. The van der Waals surface area contributed by atoms with Gasteiger partial charge in [-0.1, -0.05) is 36.4 Å². The fourth-order valence-electron chi connectivity index (χ4n) is 2.08. The highest BCUT2D eigenvalue weighted by molar-refractivity contribution is 5.73. The maximum atomic E-state index is 11.3. The van der Waals surface area contributed by atoms with Gasteiger partial charge in [0.1, 0.15) is 0 Å². The lowest BCUT2D eigenvalue weighted by atomic mass is 9.98. The van der Waals surface area contributed by atoms with Gasteiger partial charge in [-0.15, -0.1) is 0 Å². The first kappa shape index (κ1) is 10.7. The number of amides is 2. The van der Waals surface area contributed by atoms with Gasteiger partial charge in [-0.05, 0) is 24.8 Å². The van der Waals surface area contributed by atoms with Crippen molar-refractivity contribution < 1.29 is 4.79 Å². The van der Waals surface area contributed by atoms with Crippen molar-refractivity contribution in [3.63, 3.8) is 0 Å². The molecule has 0 bridgehead atoms. The number of hydrogen-bond acceptors (Lipinski definition) is 1. The molecule has 1 heterocycles. The molecule has 2 N–H and O–H groups in total. The van der Waals surface area contributed by atoms with Crippen LogP contribution in [0, 0.1) is 0 Å². The van der Waals surface area contributed by atoms with Crippen LogP contribution in [-0.2, 0) is 6.42 Å². The molecule has 1 aliphatic rings. The molecule has 3 nitrogen and oxygen atoms in total. The minimum absolute atomic E-state index is 0.199. The molecule has 84 valence electrons. The van der Waals surface area contributed by atoms with Crippen LogP contribution in [0.2, 0.25) is 0 Å². The molecule has 0 saturated carbocycles. The van der Waals surface area contributed by atoms with Crippen LogP contribution in [0.4, 0.5) is 4.79 Å². The van der Waals surface area contributed by atoms with Crippen LogP contribution in [-0.4, -0.2) is 17.0 Å². The van der Waals surface area contributed by atoms with Crippen molar-refractivity contribution in [3.05, 3.63) is 48.2 Å². The highest BCUT2D eigenvalue weighted by atomic mass is 16.2. The van der Waals surface area contributed by atoms with E-state index in [1.165, 1.54) is 5.56 Å². The number of hydrogen-bond donors (Lipinski definition) is 1. The zero-order valence-electron chi connectivity index (χ0n) is 9.17. The van der Waals surface area contributed by atoms with E-state index in [2.05, 4.69) is 12.1 Å². The number of benzene rings is 1. The Kier molecular flexibility index (Phi) is 3.25. The molecular formula is C13H16N2O. The molecule has 1 atom stereocenters. The predicted molar refractivity (Wildman–Crippen MR) is 63.7 cm³/mol. The third-order valence-electron chi connectivity index (χ3n) is 2.89. The number of primary amides is 1. The third-order valence-corrected chi connectivity index (χ3v) is 2.89. The first-order valence-electron chi connectivity index (χ1n) is 5.56. The van der Waals surface area contributed by atoms with Crippen LogP contribution in [0.1, 0.15) is 18.4 Å². The smallest absolute Gasteiger partial charge is 0.319 e. The maximum Gasteiger partial charge on any atom is 0.319 e. The van der Waals surface area contributed by atoms with Gasteiger partial charge in [0.25, 0.3) is 0 Å². The zero-order chi connectivity index (χ0) is 11.4. The second-order valence-corrected chi connectivity index (χ2v) is 4.05. The van der Waals surface area contributed by atoms with E-state index in [4.69, 9.17) is 5.73 Å². The lowest BCUT2D eigenvalue weighted by Gasteiger charge is -2.30. The highest BCUT2D eigenvalue weighted by Gasteiger charge is 2.21. The summed E-state index contributed by atoms with van der Waals surface area (Å²) in [4.78, 5) is 12.9. The van der Waals surface area contributed by atoms with Gasteiger partial charge in [-0.2, -0.15) is 0 Å². The molecule has 3 heteroatoms. The van der Waals surface area contributed by atoms with Gasteiger partial charge in [-0.3, -0.25) is 4.90 Å². The molecule has 0 spiro atoms. The number of nitrogens with zero attached hydrogens (tertiary/aromatic N) is 1. The fourth-order valence-corrected chi connectivity index (χ4v) is 2.08. The van der Waals surface area contributed by atoms with E-state index in [0.717, 1.165) is 19.3 Å². The first-order valence-corrected chi connectivity index (χ1v) is 5.56. The Morgan fingerprint density at radius 3 is 2.81 bits per heavy atom. The Hall–Kier alpha value is -1.77. The average molecular weight is 216 g/mol. The number of carbonyl (C=O) groups is 1. The number of nitrogens with two attached hydrogens (primary N) is 1. The lowest BCUT2D eigenvalue weighted by molar-refractivity contribution is 0.202. The van der Waals surface area contributed by atoms with E-state index >= 15 is 0 Å². The van der Waals surface area contributed by atoms with E-state index in [-0.39, 0.29) is 12.1 Å². The van der Waals surface area contributed by atoms with Gasteiger partial charge >= 0.3 is 6.03 Å². The van der Waals surface area contributed by atoms with Crippen LogP contribution in [0.3, 0.4) is 0 Å². The molecule has 16 heavy (non-hydrogen) atoms. The minimum atomic E-state index is -0.364. The van der Waals surface area contributed by atoms with Crippen molar-refractivity contribution in [2.24, 2.45) is 5.73 Å². The third kappa shape index (κ3) is 2.42. The Balaban J connectivity index is 2.09. The van der Waals surface area contributed by atoms with Gasteiger partial charge in [0.05, 0.1) is 0 Å². The van der Waals surface area contributed by atoms with Crippen LogP contribution in [0.25, 0.3) is 0 Å². The topological polar surface area (TPSA) is 46.3 Å². The standard InChI is InChI=1S/C13H16N2O/c14-13(16)15-9-5-4-8-12(15)10-11-6-2-1-3-7-11/h1-3,5-7,9,12H,4,8,10H2,(H2,14,16). The largest absolute Gasteiger partial charge is 0.351 e. The van der Waals surface area contributed by atoms with Crippen LogP contribution >= 0.6 is 0 Å². The highest BCUT2D eigenvalue weighted by Crippen LogP contribution is 2.18. The summed E-state index contributed by atoms with van der Waals surface area (Å²) in [6.45, 7) is 0. The summed E-state index contributed by atoms with van der Waals surface area (Å²) in [5, 5.41) is 0. The van der Waals surface area contributed by atoms with Gasteiger partial charge in [0.15, 0.2) is 0 Å². The number of carbonyl (C=O) groups excluding carboxylic acids is 1. The maximum absolute atomic E-state index is 11.3. The SMILES string of the molecule is NC(=O)N1C=CCCC1Cc1ccccc1. The van der Waals surface area contributed by atoms with Crippen molar-refractivity contribution in [2.75, 3.05) is 0 Å². The van der Waals surface area contributed by atoms with E-state index in [0.29, 0.717) is 0 Å². The van der Waals surface area contributed by atoms with Crippen LogP contribution in [0.15, 0.2) is 42.6 Å². The molecule has 1 aromatic carbocycles. The summed E-state index contributed by atoms with van der Waals surface area (Å²) in [5.74, 6) is 0. The monoisotopic (exact) mass is 216 g/mol. The number of rotatable bonds is 2. The van der Waals surface area contributed by atoms with Crippen molar-refractivity contribution >= 4 is 6.03 Å². The van der Waals surface area contributed by atoms with Crippen molar-refractivity contribution in [1.29, 1.82) is 0 Å². The average Bonchev–Trinajstić information content (AvgIpc) is 2.31. The molecule has 0 saturated heterocycles. The lowest BCUT2D eigenvalue weighted by Crippen LogP contribution is -2.42. The Labute approximate surface area is 95.6 Å². The van der Waals surface area contributed by atoms with Crippen molar-refractivity contribution in [2.45, 2.75) is 25.3 Å². The molecule has 0 aliphatic carbocycles. The first-order chi connectivity index (χ1) is 7.77. The summed E-state index contributed by atoms with van der Waals surface area (Å²) in [6, 6.07) is 10.0. The summed E-state index contributed by atoms with van der Waals surface area (Å²) in [7, 11) is 0. The quantitative estimate of drug-likeness (QED) is 0.810. The Bertz CT molecular complexity index is 386. The summed E-state index contributed by atoms with van der Waals surface area (Å²) in [6.07, 6.45) is 6.66. The Morgan fingerprint density at radius 1 is 1.38 bits per heavy atom. The molecular weight excluding hydrogens is 200 g/mol. The second kappa shape index (κ2) is 4.84. The van der Waals surface area contributed by atoms with E-state index in [9.17, 15) is 4.79 Å². The molecule has 1 aliphatic heterocycles. The minimum Gasteiger partial charge on any atom is -0.351 e. The molecule has 0 aromatic heterocycles. The van der Waals surface area contributed by atoms with E-state index < -0.39 is 0 Å². The van der Waals surface area contributed by atoms with E-state index in [1.54, 1.807) is 11.1 Å².